The van der Waals surface area contributed by atoms with Crippen LogP contribution >= 0.6 is 11.8 Å². The topological polar surface area (TPSA) is 58.1 Å². The average molecular weight is 254 g/mol. The lowest BCUT2D eigenvalue weighted by atomic mass is 10.5. The van der Waals surface area contributed by atoms with Gasteiger partial charge in [-0.05, 0) is 6.42 Å². The minimum atomic E-state index is 0.0729. The van der Waals surface area contributed by atoms with Gasteiger partial charge in [0.1, 0.15) is 10.8 Å². The zero-order valence-corrected chi connectivity index (χ0v) is 11.3. The maximum Gasteiger partial charge on any atom is 0.232 e. The normalized spacial score (nSPS) is 10.1. The van der Waals surface area contributed by atoms with Crippen molar-refractivity contribution in [3.05, 3.63) is 12.4 Å². The van der Waals surface area contributed by atoms with Gasteiger partial charge in [-0.2, -0.15) is 0 Å². The van der Waals surface area contributed by atoms with Gasteiger partial charge < -0.3 is 10.2 Å². The summed E-state index contributed by atoms with van der Waals surface area (Å²) < 4.78 is 0. The number of anilines is 1. The predicted molar refractivity (Wildman–Crippen MR) is 70.2 cm³/mol. The van der Waals surface area contributed by atoms with Gasteiger partial charge >= 0.3 is 0 Å². The van der Waals surface area contributed by atoms with E-state index in [9.17, 15) is 4.79 Å². The van der Waals surface area contributed by atoms with Crippen LogP contribution in [-0.4, -0.2) is 47.2 Å². The molecule has 0 saturated carbocycles. The van der Waals surface area contributed by atoms with Gasteiger partial charge in [-0.15, -0.1) is 0 Å². The van der Waals surface area contributed by atoms with E-state index < -0.39 is 0 Å². The number of carbonyl (C=O) groups excluding carboxylic acids is 1. The number of rotatable bonds is 6. The Balaban J connectivity index is 2.51. The quantitative estimate of drug-likeness (QED) is 0.779. The number of nitrogens with one attached hydrogen (secondary N) is 1. The Kier molecular flexibility index (Phi) is 5.76. The van der Waals surface area contributed by atoms with Crippen molar-refractivity contribution in [2.75, 3.05) is 31.7 Å². The van der Waals surface area contributed by atoms with Gasteiger partial charge in [-0.3, -0.25) is 9.78 Å². The lowest BCUT2D eigenvalue weighted by molar-refractivity contribution is -0.125. The van der Waals surface area contributed by atoms with E-state index in [0.29, 0.717) is 5.75 Å². The number of hydrogen-bond acceptors (Lipinski definition) is 5. The van der Waals surface area contributed by atoms with Gasteiger partial charge in [0.05, 0.1) is 18.1 Å². The molecule has 0 saturated heterocycles. The van der Waals surface area contributed by atoms with Crippen molar-refractivity contribution in [3.63, 3.8) is 0 Å². The van der Waals surface area contributed by atoms with Crippen molar-refractivity contribution >= 4 is 23.5 Å². The first-order valence-electron chi connectivity index (χ1n) is 5.52. The van der Waals surface area contributed by atoms with Gasteiger partial charge in [0.2, 0.25) is 5.91 Å². The molecule has 94 valence electrons. The highest BCUT2D eigenvalue weighted by Gasteiger charge is 2.06. The minimum absolute atomic E-state index is 0.0729. The van der Waals surface area contributed by atoms with E-state index in [1.54, 1.807) is 31.4 Å². The number of carbonyl (C=O) groups is 1. The van der Waals surface area contributed by atoms with Crippen LogP contribution < -0.4 is 5.32 Å². The summed E-state index contributed by atoms with van der Waals surface area (Å²) in [6.45, 7) is 2.97. The monoisotopic (exact) mass is 254 g/mol. The Morgan fingerprint density at radius 2 is 2.24 bits per heavy atom. The van der Waals surface area contributed by atoms with Crippen LogP contribution in [0.2, 0.25) is 0 Å². The fraction of sp³-hybridized carbons (Fsp3) is 0.545. The van der Waals surface area contributed by atoms with Crippen LogP contribution in [0.25, 0.3) is 0 Å². The number of thioether (sulfide) groups is 1. The van der Waals surface area contributed by atoms with E-state index in [1.165, 1.54) is 11.8 Å². The third-order valence-corrected chi connectivity index (χ3v) is 2.89. The van der Waals surface area contributed by atoms with Gasteiger partial charge in [0, 0.05) is 20.6 Å². The second-order valence-electron chi connectivity index (χ2n) is 3.75. The number of nitrogens with zero attached hydrogens (tertiary/aromatic N) is 3. The summed E-state index contributed by atoms with van der Waals surface area (Å²) in [5.74, 6) is 1.22. The van der Waals surface area contributed by atoms with Crippen LogP contribution in [0.3, 0.4) is 0 Å². The number of amides is 1. The molecule has 0 atom stereocenters. The molecule has 1 aromatic rings. The molecule has 1 amide bonds. The molecule has 1 rings (SSSR count). The summed E-state index contributed by atoms with van der Waals surface area (Å²) in [6.07, 6.45) is 4.40. The summed E-state index contributed by atoms with van der Waals surface area (Å²) in [5, 5.41) is 3.93. The molecular weight excluding hydrogens is 236 g/mol. The van der Waals surface area contributed by atoms with Crippen LogP contribution in [0.5, 0.6) is 0 Å². The van der Waals surface area contributed by atoms with Crippen molar-refractivity contribution < 1.29 is 4.79 Å². The molecule has 6 heteroatoms. The third-order valence-electron chi connectivity index (χ3n) is 2.01. The molecule has 0 aliphatic carbocycles. The average Bonchev–Trinajstić information content (AvgIpc) is 2.33. The van der Waals surface area contributed by atoms with E-state index in [1.807, 2.05) is 0 Å². The molecule has 0 bridgehead atoms. The Morgan fingerprint density at radius 1 is 1.47 bits per heavy atom. The predicted octanol–water partition coefficient (Wildman–Crippen LogP) is 1.48. The van der Waals surface area contributed by atoms with E-state index in [2.05, 4.69) is 22.2 Å². The zero-order valence-electron chi connectivity index (χ0n) is 10.4. The maximum absolute atomic E-state index is 11.4. The standard InChI is InChI=1S/C11H18N4OS/c1-4-5-13-9-6-12-7-10(14-9)17-8-11(16)15(2)3/h6-7H,4-5,8H2,1-3H3,(H,13,14). The van der Waals surface area contributed by atoms with Crippen LogP contribution in [0, 0.1) is 0 Å². The molecule has 0 aliphatic heterocycles. The molecule has 0 aromatic carbocycles. The van der Waals surface area contributed by atoms with Crippen LogP contribution in [0.15, 0.2) is 17.4 Å². The van der Waals surface area contributed by atoms with E-state index in [0.717, 1.165) is 23.8 Å². The molecule has 0 radical (unpaired) electrons. The Morgan fingerprint density at radius 3 is 2.88 bits per heavy atom. The van der Waals surface area contributed by atoms with E-state index in [-0.39, 0.29) is 5.91 Å². The largest absolute Gasteiger partial charge is 0.369 e. The van der Waals surface area contributed by atoms with Gasteiger partial charge in [0.15, 0.2) is 0 Å². The summed E-state index contributed by atoms with van der Waals surface area (Å²) in [6, 6.07) is 0. The van der Waals surface area contributed by atoms with E-state index in [4.69, 9.17) is 0 Å². The van der Waals surface area contributed by atoms with Crippen LogP contribution in [0.1, 0.15) is 13.3 Å². The first-order chi connectivity index (χ1) is 8.13. The molecule has 17 heavy (non-hydrogen) atoms. The summed E-state index contributed by atoms with van der Waals surface area (Å²) in [7, 11) is 3.49. The van der Waals surface area contributed by atoms with Crippen molar-refractivity contribution in [1.29, 1.82) is 0 Å². The van der Waals surface area contributed by atoms with Gasteiger partial charge in [-0.25, -0.2) is 4.98 Å². The summed E-state index contributed by atoms with van der Waals surface area (Å²) in [5.41, 5.74) is 0. The highest BCUT2D eigenvalue weighted by molar-refractivity contribution is 7.99. The Hall–Kier alpha value is -1.30. The molecule has 5 nitrogen and oxygen atoms in total. The molecule has 0 unspecified atom stereocenters. The molecule has 1 N–H and O–H groups in total. The van der Waals surface area contributed by atoms with Gasteiger partial charge in [0.25, 0.3) is 0 Å². The SMILES string of the molecule is CCCNc1cncc(SCC(=O)N(C)C)n1. The molecule has 0 aliphatic rings. The highest BCUT2D eigenvalue weighted by Crippen LogP contribution is 2.16. The molecular formula is C11H18N4OS. The van der Waals surface area contributed by atoms with Gasteiger partial charge in [-0.1, -0.05) is 18.7 Å². The smallest absolute Gasteiger partial charge is 0.232 e. The summed E-state index contributed by atoms with van der Waals surface area (Å²) in [4.78, 5) is 21.4. The lowest BCUT2D eigenvalue weighted by Crippen LogP contribution is -2.23. The molecule has 1 heterocycles. The van der Waals surface area contributed by atoms with Crippen LogP contribution in [-0.2, 0) is 4.79 Å². The lowest BCUT2D eigenvalue weighted by Gasteiger charge is -2.09. The Bertz CT molecular complexity index is 370. The highest BCUT2D eigenvalue weighted by atomic mass is 32.2. The maximum atomic E-state index is 11.4. The second kappa shape index (κ2) is 7.11. The minimum Gasteiger partial charge on any atom is -0.369 e. The third kappa shape index (κ3) is 5.04. The molecule has 0 spiro atoms. The van der Waals surface area contributed by atoms with Crippen molar-refractivity contribution in [3.8, 4) is 0 Å². The first kappa shape index (κ1) is 13.8. The fourth-order valence-corrected chi connectivity index (χ4v) is 1.85. The second-order valence-corrected chi connectivity index (χ2v) is 4.74. The molecule has 0 fully saturated rings. The van der Waals surface area contributed by atoms with Crippen molar-refractivity contribution in [2.45, 2.75) is 18.4 Å². The van der Waals surface area contributed by atoms with E-state index >= 15 is 0 Å². The number of aromatic nitrogens is 2. The van der Waals surface area contributed by atoms with Crippen molar-refractivity contribution in [1.82, 2.24) is 14.9 Å². The first-order valence-corrected chi connectivity index (χ1v) is 6.51. The van der Waals surface area contributed by atoms with Crippen molar-refractivity contribution in [2.24, 2.45) is 0 Å². The Labute approximate surface area is 106 Å². The molecule has 1 aromatic heterocycles. The summed E-state index contributed by atoms with van der Waals surface area (Å²) >= 11 is 1.40. The number of hydrogen-bond donors (Lipinski definition) is 1. The fourth-order valence-electron chi connectivity index (χ4n) is 1.02. The van der Waals surface area contributed by atoms with Crippen LogP contribution in [0.4, 0.5) is 5.82 Å². The zero-order chi connectivity index (χ0) is 12.7.